The van der Waals surface area contributed by atoms with Crippen LogP contribution in [0.2, 0.25) is 0 Å². The van der Waals surface area contributed by atoms with Crippen molar-refractivity contribution in [3.8, 4) is 0 Å². The summed E-state index contributed by atoms with van der Waals surface area (Å²) in [5, 5.41) is 0. The number of hydrogen-bond donors (Lipinski definition) is 0. The van der Waals surface area contributed by atoms with Crippen LogP contribution in [0.1, 0.15) is 27.2 Å². The molecule has 0 spiro atoms. The third-order valence-corrected chi connectivity index (χ3v) is 2.59. The first-order chi connectivity index (χ1) is 5.11. The molecule has 0 aromatic rings. The molecular weight excluding hydrogens is 200 g/mol. The molecular formula is C10H15Br. The van der Waals surface area contributed by atoms with E-state index in [1.165, 1.54) is 11.1 Å². The van der Waals surface area contributed by atoms with Crippen molar-refractivity contribution in [1.82, 2.24) is 0 Å². The summed E-state index contributed by atoms with van der Waals surface area (Å²) in [7, 11) is 0. The van der Waals surface area contributed by atoms with E-state index >= 15 is 0 Å². The van der Waals surface area contributed by atoms with Crippen LogP contribution in [0, 0.1) is 0 Å². The molecule has 0 N–H and O–H groups in total. The van der Waals surface area contributed by atoms with Crippen LogP contribution >= 0.6 is 15.9 Å². The zero-order valence-electron chi connectivity index (χ0n) is 7.45. The summed E-state index contributed by atoms with van der Waals surface area (Å²) < 4.78 is 1.15. The maximum atomic E-state index is 3.91. The molecule has 0 saturated heterocycles. The van der Waals surface area contributed by atoms with Gasteiger partial charge in [-0.15, -0.1) is 0 Å². The van der Waals surface area contributed by atoms with Crippen molar-refractivity contribution in [3.63, 3.8) is 0 Å². The molecule has 0 radical (unpaired) electrons. The predicted octanol–water partition coefficient (Wildman–Crippen LogP) is 4.20. The molecule has 0 aliphatic rings. The zero-order chi connectivity index (χ0) is 8.85. The van der Waals surface area contributed by atoms with Gasteiger partial charge in [0.15, 0.2) is 0 Å². The maximum Gasteiger partial charge on any atom is 0.0161 e. The molecule has 0 amide bonds. The van der Waals surface area contributed by atoms with Gasteiger partial charge in [0.25, 0.3) is 0 Å². The Morgan fingerprint density at radius 1 is 1.55 bits per heavy atom. The minimum Gasteiger partial charge on any atom is -0.0958 e. The van der Waals surface area contributed by atoms with Gasteiger partial charge in [-0.1, -0.05) is 47.2 Å². The average Bonchev–Trinajstić information content (AvgIpc) is 2.02. The largest absolute Gasteiger partial charge is 0.0958 e. The third kappa shape index (κ3) is 4.20. The average molecular weight is 215 g/mol. The molecule has 0 aromatic carbocycles. The second kappa shape index (κ2) is 5.36. The Hall–Kier alpha value is -0.300. The Kier molecular flexibility index (Phi) is 5.22. The van der Waals surface area contributed by atoms with Gasteiger partial charge in [0.1, 0.15) is 0 Å². The summed E-state index contributed by atoms with van der Waals surface area (Å²) in [5.74, 6) is 0. The summed E-state index contributed by atoms with van der Waals surface area (Å²) in [5.41, 5.74) is 2.40. The van der Waals surface area contributed by atoms with Crippen LogP contribution in [-0.4, -0.2) is 0 Å². The second-order valence-corrected chi connectivity index (χ2v) is 3.33. The Morgan fingerprint density at radius 2 is 2.09 bits per heavy atom. The number of allylic oxidation sites excluding steroid dienone is 5. The van der Waals surface area contributed by atoms with E-state index in [1.807, 2.05) is 13.0 Å². The fourth-order valence-corrected chi connectivity index (χ4v) is 0.819. The second-order valence-electron chi connectivity index (χ2n) is 2.48. The molecule has 0 unspecified atom stereocenters. The molecule has 1 heteroatoms. The van der Waals surface area contributed by atoms with Crippen LogP contribution in [0.4, 0.5) is 0 Å². The standard InChI is InChI=1S/C10H15Br/c1-5-8(3)7-9(4)10(11)6-2/h6-7H,3,5H2,1-2,4H3/b9-7-,10-6+. The minimum atomic E-state index is 1.02. The lowest BCUT2D eigenvalue weighted by molar-refractivity contribution is 1.15. The SMILES string of the molecule is C=C(/C=C(C)\C(Br)=C/C)CC. The van der Waals surface area contributed by atoms with Crippen molar-refractivity contribution < 1.29 is 0 Å². The Bertz CT molecular complexity index is 197. The highest BCUT2D eigenvalue weighted by atomic mass is 79.9. The van der Waals surface area contributed by atoms with E-state index < -0.39 is 0 Å². The zero-order valence-corrected chi connectivity index (χ0v) is 9.03. The summed E-state index contributed by atoms with van der Waals surface area (Å²) >= 11 is 3.45. The maximum absolute atomic E-state index is 3.91. The fourth-order valence-electron chi connectivity index (χ4n) is 0.705. The van der Waals surface area contributed by atoms with Gasteiger partial charge in [-0.05, 0) is 25.8 Å². The first kappa shape index (κ1) is 10.7. The van der Waals surface area contributed by atoms with Crippen molar-refractivity contribution in [2.75, 3.05) is 0 Å². The van der Waals surface area contributed by atoms with Crippen LogP contribution in [0.3, 0.4) is 0 Å². The lowest BCUT2D eigenvalue weighted by Crippen LogP contribution is -1.77. The summed E-state index contributed by atoms with van der Waals surface area (Å²) in [6.45, 7) is 10.1. The monoisotopic (exact) mass is 214 g/mol. The van der Waals surface area contributed by atoms with Crippen molar-refractivity contribution >= 4 is 15.9 Å². The molecule has 0 fully saturated rings. The van der Waals surface area contributed by atoms with Crippen LogP contribution in [0.5, 0.6) is 0 Å². The molecule has 62 valence electrons. The lowest BCUT2D eigenvalue weighted by Gasteiger charge is -1.99. The topological polar surface area (TPSA) is 0 Å². The van der Waals surface area contributed by atoms with E-state index in [4.69, 9.17) is 0 Å². The Balaban J connectivity index is 4.34. The van der Waals surface area contributed by atoms with Gasteiger partial charge >= 0.3 is 0 Å². The van der Waals surface area contributed by atoms with Gasteiger partial charge in [-0.25, -0.2) is 0 Å². The smallest absolute Gasteiger partial charge is 0.0161 e. The lowest BCUT2D eigenvalue weighted by atomic mass is 10.1. The van der Waals surface area contributed by atoms with Crippen LogP contribution in [0.25, 0.3) is 0 Å². The van der Waals surface area contributed by atoms with Gasteiger partial charge < -0.3 is 0 Å². The fraction of sp³-hybridized carbons (Fsp3) is 0.400. The highest BCUT2D eigenvalue weighted by Gasteiger charge is 1.92. The number of halogens is 1. The van der Waals surface area contributed by atoms with Crippen molar-refractivity contribution in [1.29, 1.82) is 0 Å². The van der Waals surface area contributed by atoms with Crippen molar-refractivity contribution in [3.05, 3.63) is 34.4 Å². The number of rotatable bonds is 3. The highest BCUT2D eigenvalue weighted by molar-refractivity contribution is 9.12. The molecule has 0 nitrogen and oxygen atoms in total. The van der Waals surface area contributed by atoms with Crippen LogP contribution < -0.4 is 0 Å². The van der Waals surface area contributed by atoms with Crippen molar-refractivity contribution in [2.24, 2.45) is 0 Å². The minimum absolute atomic E-state index is 1.02. The number of hydrogen-bond acceptors (Lipinski definition) is 0. The summed E-state index contributed by atoms with van der Waals surface area (Å²) in [6, 6.07) is 0. The summed E-state index contributed by atoms with van der Waals surface area (Å²) in [4.78, 5) is 0. The highest BCUT2D eigenvalue weighted by Crippen LogP contribution is 2.18. The molecule has 0 saturated carbocycles. The molecule has 0 aliphatic heterocycles. The molecule has 0 aliphatic carbocycles. The van der Waals surface area contributed by atoms with Gasteiger partial charge in [0, 0.05) is 4.48 Å². The molecule has 11 heavy (non-hydrogen) atoms. The van der Waals surface area contributed by atoms with E-state index in [0.29, 0.717) is 0 Å². The molecule has 0 rings (SSSR count). The van der Waals surface area contributed by atoms with Crippen LogP contribution in [0.15, 0.2) is 34.4 Å². The van der Waals surface area contributed by atoms with E-state index in [0.717, 1.165) is 10.9 Å². The predicted molar refractivity (Wildman–Crippen MR) is 55.9 cm³/mol. The van der Waals surface area contributed by atoms with Gasteiger partial charge in [-0.3, -0.25) is 0 Å². The first-order valence-electron chi connectivity index (χ1n) is 3.80. The molecule has 0 bridgehead atoms. The van der Waals surface area contributed by atoms with E-state index in [1.54, 1.807) is 0 Å². The van der Waals surface area contributed by atoms with Gasteiger partial charge in [0.2, 0.25) is 0 Å². The quantitative estimate of drug-likeness (QED) is 0.619. The Morgan fingerprint density at radius 3 is 2.45 bits per heavy atom. The van der Waals surface area contributed by atoms with E-state index in [2.05, 4.69) is 42.4 Å². The normalized spacial score (nSPS) is 13.5. The molecule has 0 aromatic heterocycles. The van der Waals surface area contributed by atoms with E-state index in [9.17, 15) is 0 Å². The summed E-state index contributed by atoms with van der Waals surface area (Å²) in [6.07, 6.45) is 5.15. The first-order valence-corrected chi connectivity index (χ1v) is 4.59. The Labute approximate surface area is 77.8 Å². The molecule has 0 atom stereocenters. The van der Waals surface area contributed by atoms with Gasteiger partial charge in [0.05, 0.1) is 0 Å². The third-order valence-electron chi connectivity index (χ3n) is 1.50. The van der Waals surface area contributed by atoms with Crippen molar-refractivity contribution in [2.45, 2.75) is 27.2 Å². The molecule has 0 heterocycles. The van der Waals surface area contributed by atoms with E-state index in [-0.39, 0.29) is 0 Å². The van der Waals surface area contributed by atoms with Crippen LogP contribution in [-0.2, 0) is 0 Å². The van der Waals surface area contributed by atoms with Gasteiger partial charge in [-0.2, -0.15) is 0 Å².